The Bertz CT molecular complexity index is 653. The molecular weight excluding hydrogens is 304 g/mol. The SMILES string of the molecule is CCCC(=O)Nc1cnc(N2CCN(c3ccccn3)CC2)nc1. The maximum atomic E-state index is 11.6. The van der Waals surface area contributed by atoms with Gasteiger partial charge in [-0.15, -0.1) is 0 Å². The molecule has 1 N–H and O–H groups in total. The highest BCUT2D eigenvalue weighted by Gasteiger charge is 2.19. The summed E-state index contributed by atoms with van der Waals surface area (Å²) in [4.78, 5) is 29.1. The fourth-order valence-corrected chi connectivity index (χ4v) is 2.68. The highest BCUT2D eigenvalue weighted by molar-refractivity contribution is 5.90. The van der Waals surface area contributed by atoms with Gasteiger partial charge in [-0.2, -0.15) is 0 Å². The molecule has 0 saturated carbocycles. The smallest absolute Gasteiger partial charge is 0.225 e. The number of hydrogen-bond acceptors (Lipinski definition) is 6. The molecule has 7 nitrogen and oxygen atoms in total. The van der Waals surface area contributed by atoms with Gasteiger partial charge in [0, 0.05) is 38.8 Å². The van der Waals surface area contributed by atoms with Crippen molar-refractivity contribution >= 4 is 23.4 Å². The summed E-state index contributed by atoms with van der Waals surface area (Å²) in [6, 6.07) is 5.96. The zero-order chi connectivity index (χ0) is 16.8. The Hall–Kier alpha value is -2.70. The summed E-state index contributed by atoms with van der Waals surface area (Å²) in [5, 5.41) is 2.80. The third-order valence-electron chi connectivity index (χ3n) is 3.93. The highest BCUT2D eigenvalue weighted by atomic mass is 16.1. The Kier molecular flexibility index (Phi) is 5.20. The molecule has 0 radical (unpaired) electrons. The van der Waals surface area contributed by atoms with Crippen LogP contribution in [0.25, 0.3) is 0 Å². The number of amides is 1. The number of carbonyl (C=O) groups is 1. The van der Waals surface area contributed by atoms with E-state index in [0.717, 1.165) is 38.4 Å². The van der Waals surface area contributed by atoms with Crippen LogP contribution in [0.5, 0.6) is 0 Å². The van der Waals surface area contributed by atoms with Crippen molar-refractivity contribution in [2.75, 3.05) is 41.3 Å². The van der Waals surface area contributed by atoms with Gasteiger partial charge in [-0.3, -0.25) is 4.79 Å². The molecule has 2 aromatic heterocycles. The van der Waals surface area contributed by atoms with E-state index in [1.54, 1.807) is 12.4 Å². The summed E-state index contributed by atoms with van der Waals surface area (Å²) >= 11 is 0. The Morgan fingerprint density at radius 3 is 2.42 bits per heavy atom. The summed E-state index contributed by atoms with van der Waals surface area (Å²) in [6.07, 6.45) is 6.49. The van der Waals surface area contributed by atoms with Crippen molar-refractivity contribution in [2.24, 2.45) is 0 Å². The first-order valence-electron chi connectivity index (χ1n) is 8.29. The van der Waals surface area contributed by atoms with Crippen LogP contribution in [0.4, 0.5) is 17.5 Å². The normalized spacial score (nSPS) is 14.5. The van der Waals surface area contributed by atoms with Crippen molar-refractivity contribution in [2.45, 2.75) is 19.8 Å². The average Bonchev–Trinajstić information content (AvgIpc) is 2.63. The van der Waals surface area contributed by atoms with E-state index >= 15 is 0 Å². The van der Waals surface area contributed by atoms with E-state index < -0.39 is 0 Å². The van der Waals surface area contributed by atoms with Crippen LogP contribution in [0.1, 0.15) is 19.8 Å². The molecule has 0 spiro atoms. The van der Waals surface area contributed by atoms with E-state index in [0.29, 0.717) is 18.1 Å². The van der Waals surface area contributed by atoms with Crippen LogP contribution in [0.3, 0.4) is 0 Å². The van der Waals surface area contributed by atoms with E-state index in [2.05, 4.69) is 30.1 Å². The number of hydrogen-bond donors (Lipinski definition) is 1. The van der Waals surface area contributed by atoms with Gasteiger partial charge in [0.15, 0.2) is 0 Å². The Labute approximate surface area is 141 Å². The van der Waals surface area contributed by atoms with E-state index in [1.807, 2.05) is 31.3 Å². The molecule has 2 aromatic rings. The second-order valence-corrected chi connectivity index (χ2v) is 5.73. The predicted molar refractivity (Wildman–Crippen MR) is 94.2 cm³/mol. The van der Waals surface area contributed by atoms with Crippen LogP contribution >= 0.6 is 0 Å². The molecule has 1 saturated heterocycles. The van der Waals surface area contributed by atoms with Gasteiger partial charge in [-0.05, 0) is 18.6 Å². The molecule has 0 aliphatic carbocycles. The molecule has 1 aliphatic heterocycles. The highest BCUT2D eigenvalue weighted by Crippen LogP contribution is 2.16. The second kappa shape index (κ2) is 7.72. The van der Waals surface area contributed by atoms with Crippen molar-refractivity contribution in [3.8, 4) is 0 Å². The second-order valence-electron chi connectivity index (χ2n) is 5.73. The zero-order valence-electron chi connectivity index (χ0n) is 13.9. The molecule has 3 rings (SSSR count). The molecule has 0 atom stereocenters. The molecule has 1 fully saturated rings. The third-order valence-corrected chi connectivity index (χ3v) is 3.93. The van der Waals surface area contributed by atoms with Gasteiger partial charge in [0.1, 0.15) is 5.82 Å². The van der Waals surface area contributed by atoms with Gasteiger partial charge in [0.25, 0.3) is 0 Å². The molecule has 24 heavy (non-hydrogen) atoms. The van der Waals surface area contributed by atoms with Crippen molar-refractivity contribution in [1.29, 1.82) is 0 Å². The lowest BCUT2D eigenvalue weighted by Crippen LogP contribution is -2.47. The third kappa shape index (κ3) is 3.98. The van der Waals surface area contributed by atoms with E-state index in [9.17, 15) is 4.79 Å². The zero-order valence-corrected chi connectivity index (χ0v) is 13.9. The largest absolute Gasteiger partial charge is 0.353 e. The summed E-state index contributed by atoms with van der Waals surface area (Å²) < 4.78 is 0. The van der Waals surface area contributed by atoms with Gasteiger partial charge >= 0.3 is 0 Å². The van der Waals surface area contributed by atoms with Gasteiger partial charge in [0.2, 0.25) is 11.9 Å². The lowest BCUT2D eigenvalue weighted by atomic mass is 10.3. The van der Waals surface area contributed by atoms with Crippen molar-refractivity contribution < 1.29 is 4.79 Å². The minimum absolute atomic E-state index is 0.00201. The van der Waals surface area contributed by atoms with Crippen LogP contribution < -0.4 is 15.1 Å². The molecule has 1 amide bonds. The molecule has 1 aliphatic rings. The number of carbonyl (C=O) groups excluding carboxylic acids is 1. The quantitative estimate of drug-likeness (QED) is 0.905. The molecule has 0 unspecified atom stereocenters. The summed E-state index contributed by atoms with van der Waals surface area (Å²) in [5.74, 6) is 1.70. The van der Waals surface area contributed by atoms with Crippen LogP contribution in [0, 0.1) is 0 Å². The molecule has 3 heterocycles. The van der Waals surface area contributed by atoms with Crippen molar-refractivity contribution in [3.63, 3.8) is 0 Å². The van der Waals surface area contributed by atoms with E-state index in [-0.39, 0.29) is 5.91 Å². The lowest BCUT2D eigenvalue weighted by Gasteiger charge is -2.35. The van der Waals surface area contributed by atoms with Gasteiger partial charge in [-0.1, -0.05) is 13.0 Å². The molecule has 0 aromatic carbocycles. The number of pyridine rings is 1. The van der Waals surface area contributed by atoms with Gasteiger partial charge < -0.3 is 15.1 Å². The molecule has 0 bridgehead atoms. The van der Waals surface area contributed by atoms with Gasteiger partial charge in [0.05, 0.1) is 18.1 Å². The fourth-order valence-electron chi connectivity index (χ4n) is 2.68. The average molecular weight is 326 g/mol. The first-order chi connectivity index (χ1) is 11.8. The summed E-state index contributed by atoms with van der Waals surface area (Å²) in [5.41, 5.74) is 0.643. The number of nitrogens with zero attached hydrogens (tertiary/aromatic N) is 5. The number of nitrogens with one attached hydrogen (secondary N) is 1. The van der Waals surface area contributed by atoms with Crippen molar-refractivity contribution in [1.82, 2.24) is 15.0 Å². The number of aromatic nitrogens is 3. The standard InChI is InChI=1S/C17H22N6O/c1-2-5-16(24)21-14-12-19-17(20-13-14)23-10-8-22(9-11-23)15-6-3-4-7-18-15/h3-4,6-7,12-13H,2,5,8-11H2,1H3,(H,21,24). The van der Waals surface area contributed by atoms with E-state index in [4.69, 9.17) is 0 Å². The monoisotopic (exact) mass is 326 g/mol. The van der Waals surface area contributed by atoms with Crippen LogP contribution in [-0.2, 0) is 4.79 Å². The number of rotatable bonds is 5. The van der Waals surface area contributed by atoms with Crippen molar-refractivity contribution in [3.05, 3.63) is 36.8 Å². The number of piperazine rings is 1. The van der Waals surface area contributed by atoms with Gasteiger partial charge in [-0.25, -0.2) is 15.0 Å². The first-order valence-corrected chi connectivity index (χ1v) is 8.29. The maximum Gasteiger partial charge on any atom is 0.225 e. The maximum absolute atomic E-state index is 11.6. The summed E-state index contributed by atoms with van der Waals surface area (Å²) in [6.45, 7) is 5.44. The minimum Gasteiger partial charge on any atom is -0.353 e. The lowest BCUT2D eigenvalue weighted by molar-refractivity contribution is -0.116. The molecule has 126 valence electrons. The van der Waals surface area contributed by atoms with Crippen LogP contribution in [-0.4, -0.2) is 47.0 Å². The Morgan fingerprint density at radius 1 is 1.08 bits per heavy atom. The predicted octanol–water partition coefficient (Wildman–Crippen LogP) is 1.94. The van der Waals surface area contributed by atoms with Crippen LogP contribution in [0.2, 0.25) is 0 Å². The Morgan fingerprint density at radius 2 is 1.79 bits per heavy atom. The van der Waals surface area contributed by atoms with Crippen LogP contribution in [0.15, 0.2) is 36.8 Å². The Balaban J connectivity index is 1.55. The molecule has 7 heteroatoms. The number of anilines is 3. The fraction of sp³-hybridized carbons (Fsp3) is 0.412. The van der Waals surface area contributed by atoms with E-state index in [1.165, 1.54) is 0 Å². The topological polar surface area (TPSA) is 74.2 Å². The minimum atomic E-state index is -0.00201. The summed E-state index contributed by atoms with van der Waals surface area (Å²) in [7, 11) is 0. The first kappa shape index (κ1) is 16.2. The molecular formula is C17H22N6O.